The van der Waals surface area contributed by atoms with Gasteiger partial charge in [0.15, 0.2) is 0 Å². The Bertz CT molecular complexity index is 459. The Labute approximate surface area is 99.6 Å². The van der Waals surface area contributed by atoms with Crippen molar-refractivity contribution in [2.45, 2.75) is 20.4 Å². The molecule has 0 amide bonds. The lowest BCUT2D eigenvalue weighted by Gasteiger charge is -2.10. The Balaban J connectivity index is 3.00. The Hall–Kier alpha value is -1.47. The third-order valence-electron chi connectivity index (χ3n) is 1.90. The molecular formula is C11H14ClN3O. The third kappa shape index (κ3) is 3.01. The predicted octanol–water partition coefficient (Wildman–Crippen LogP) is 1.60. The molecule has 16 heavy (non-hydrogen) atoms. The van der Waals surface area contributed by atoms with Gasteiger partial charge in [0.25, 0.3) is 5.56 Å². The molecule has 0 saturated heterocycles. The standard InChI is InChI=1S/C11H14ClN3O/c1-4-5-13-9-6-14-15(7-8(2)3)11(16)10(9)12/h1,6,8,13H,5,7H2,2-3H3. The average Bonchev–Trinajstić information content (AvgIpc) is 2.23. The summed E-state index contributed by atoms with van der Waals surface area (Å²) in [6.45, 7) is 4.88. The fourth-order valence-corrected chi connectivity index (χ4v) is 1.42. The van der Waals surface area contributed by atoms with Crippen LogP contribution < -0.4 is 10.9 Å². The molecule has 0 aliphatic carbocycles. The molecule has 0 unspecified atom stereocenters. The van der Waals surface area contributed by atoms with E-state index in [1.807, 2.05) is 13.8 Å². The minimum Gasteiger partial charge on any atom is -0.371 e. The maximum Gasteiger partial charge on any atom is 0.287 e. The van der Waals surface area contributed by atoms with Crippen LogP contribution in [0.15, 0.2) is 11.0 Å². The van der Waals surface area contributed by atoms with Gasteiger partial charge in [-0.15, -0.1) is 6.42 Å². The fraction of sp³-hybridized carbons (Fsp3) is 0.455. The van der Waals surface area contributed by atoms with Crippen molar-refractivity contribution in [2.75, 3.05) is 11.9 Å². The van der Waals surface area contributed by atoms with Gasteiger partial charge in [-0.2, -0.15) is 5.10 Å². The first kappa shape index (κ1) is 12.6. The second-order valence-corrected chi connectivity index (χ2v) is 4.19. The van der Waals surface area contributed by atoms with Gasteiger partial charge in [-0.1, -0.05) is 31.4 Å². The molecule has 4 nitrogen and oxygen atoms in total. The van der Waals surface area contributed by atoms with Crippen molar-refractivity contribution >= 4 is 17.3 Å². The second-order valence-electron chi connectivity index (χ2n) is 3.81. The van der Waals surface area contributed by atoms with Gasteiger partial charge in [0.2, 0.25) is 0 Å². The molecule has 0 aromatic carbocycles. The number of anilines is 1. The van der Waals surface area contributed by atoms with Gasteiger partial charge >= 0.3 is 0 Å². The highest BCUT2D eigenvalue weighted by Crippen LogP contribution is 2.14. The maximum absolute atomic E-state index is 11.8. The van der Waals surface area contributed by atoms with Crippen LogP contribution in [0.4, 0.5) is 5.69 Å². The average molecular weight is 240 g/mol. The molecule has 1 heterocycles. The molecule has 5 heteroatoms. The Morgan fingerprint density at radius 2 is 2.38 bits per heavy atom. The van der Waals surface area contributed by atoms with Crippen LogP contribution in [0.5, 0.6) is 0 Å². The molecule has 0 fully saturated rings. The lowest BCUT2D eigenvalue weighted by molar-refractivity contribution is 0.464. The number of hydrogen-bond donors (Lipinski definition) is 1. The van der Waals surface area contributed by atoms with Crippen molar-refractivity contribution in [2.24, 2.45) is 5.92 Å². The van der Waals surface area contributed by atoms with Gasteiger partial charge in [-0.05, 0) is 5.92 Å². The number of rotatable bonds is 4. The highest BCUT2D eigenvalue weighted by atomic mass is 35.5. The number of terminal acetylenes is 1. The van der Waals surface area contributed by atoms with Gasteiger partial charge < -0.3 is 5.32 Å². The van der Waals surface area contributed by atoms with E-state index in [0.29, 0.717) is 24.7 Å². The van der Waals surface area contributed by atoms with Crippen molar-refractivity contribution in [3.63, 3.8) is 0 Å². The Kier molecular flexibility index (Phi) is 4.39. The van der Waals surface area contributed by atoms with E-state index < -0.39 is 0 Å². The topological polar surface area (TPSA) is 46.9 Å². The highest BCUT2D eigenvalue weighted by molar-refractivity contribution is 6.32. The summed E-state index contributed by atoms with van der Waals surface area (Å²) in [4.78, 5) is 11.8. The molecule has 0 aliphatic heterocycles. The molecule has 0 bridgehead atoms. The lowest BCUT2D eigenvalue weighted by Crippen LogP contribution is -2.26. The lowest BCUT2D eigenvalue weighted by atomic mass is 10.2. The van der Waals surface area contributed by atoms with E-state index in [1.165, 1.54) is 10.9 Å². The van der Waals surface area contributed by atoms with Crippen LogP contribution in [0.2, 0.25) is 5.02 Å². The molecular weight excluding hydrogens is 226 g/mol. The summed E-state index contributed by atoms with van der Waals surface area (Å²) in [6, 6.07) is 0. The second kappa shape index (κ2) is 5.57. The first-order valence-electron chi connectivity index (χ1n) is 4.99. The summed E-state index contributed by atoms with van der Waals surface area (Å²) in [5, 5.41) is 6.99. The Morgan fingerprint density at radius 1 is 1.69 bits per heavy atom. The van der Waals surface area contributed by atoms with E-state index in [4.69, 9.17) is 18.0 Å². The van der Waals surface area contributed by atoms with Crippen molar-refractivity contribution in [1.82, 2.24) is 9.78 Å². The summed E-state index contributed by atoms with van der Waals surface area (Å²) in [5.41, 5.74) is 0.182. The molecule has 0 saturated carbocycles. The summed E-state index contributed by atoms with van der Waals surface area (Å²) in [5.74, 6) is 2.74. The van der Waals surface area contributed by atoms with E-state index in [0.717, 1.165) is 0 Å². The summed E-state index contributed by atoms with van der Waals surface area (Å²) in [6.07, 6.45) is 6.62. The van der Waals surface area contributed by atoms with Crippen molar-refractivity contribution in [3.05, 3.63) is 21.6 Å². The van der Waals surface area contributed by atoms with Crippen LogP contribution in [0, 0.1) is 18.3 Å². The van der Waals surface area contributed by atoms with Crippen LogP contribution in [0.1, 0.15) is 13.8 Å². The molecule has 0 spiro atoms. The SMILES string of the molecule is C#CCNc1cnn(CC(C)C)c(=O)c1Cl. The smallest absolute Gasteiger partial charge is 0.287 e. The van der Waals surface area contributed by atoms with Gasteiger partial charge in [-0.3, -0.25) is 4.79 Å². The predicted molar refractivity (Wildman–Crippen MR) is 65.7 cm³/mol. The zero-order valence-corrected chi connectivity index (χ0v) is 10.1. The first-order valence-corrected chi connectivity index (χ1v) is 5.37. The van der Waals surface area contributed by atoms with Gasteiger partial charge in [-0.25, -0.2) is 4.68 Å². The monoisotopic (exact) mass is 239 g/mol. The molecule has 1 aromatic heterocycles. The quantitative estimate of drug-likeness (QED) is 0.812. The fourth-order valence-electron chi connectivity index (χ4n) is 1.21. The molecule has 0 atom stereocenters. The van der Waals surface area contributed by atoms with Gasteiger partial charge in [0.05, 0.1) is 18.4 Å². The largest absolute Gasteiger partial charge is 0.371 e. The number of aromatic nitrogens is 2. The summed E-state index contributed by atoms with van der Waals surface area (Å²) >= 11 is 5.91. The van der Waals surface area contributed by atoms with Crippen LogP contribution >= 0.6 is 11.6 Å². The number of hydrogen-bond acceptors (Lipinski definition) is 3. The zero-order valence-electron chi connectivity index (χ0n) is 9.33. The zero-order chi connectivity index (χ0) is 12.1. The van der Waals surface area contributed by atoms with E-state index in [1.54, 1.807) is 0 Å². The van der Waals surface area contributed by atoms with E-state index in [-0.39, 0.29) is 10.6 Å². The van der Waals surface area contributed by atoms with E-state index in [2.05, 4.69) is 16.3 Å². The third-order valence-corrected chi connectivity index (χ3v) is 2.27. The number of nitrogens with zero attached hydrogens (tertiary/aromatic N) is 2. The molecule has 1 aromatic rings. The van der Waals surface area contributed by atoms with E-state index >= 15 is 0 Å². The molecule has 1 rings (SSSR count). The minimum absolute atomic E-state index is 0.130. The van der Waals surface area contributed by atoms with Crippen molar-refractivity contribution in [1.29, 1.82) is 0 Å². The van der Waals surface area contributed by atoms with Crippen molar-refractivity contribution in [3.8, 4) is 12.3 Å². The minimum atomic E-state index is -0.294. The van der Waals surface area contributed by atoms with Crippen LogP contribution in [0.3, 0.4) is 0 Å². The molecule has 1 N–H and O–H groups in total. The molecule has 0 aliphatic rings. The van der Waals surface area contributed by atoms with Crippen LogP contribution in [-0.2, 0) is 6.54 Å². The first-order chi connectivity index (χ1) is 7.56. The maximum atomic E-state index is 11.8. The van der Waals surface area contributed by atoms with Crippen molar-refractivity contribution < 1.29 is 0 Å². The normalized spacial score (nSPS) is 10.2. The summed E-state index contributed by atoms with van der Waals surface area (Å²) in [7, 11) is 0. The highest BCUT2D eigenvalue weighted by Gasteiger charge is 2.09. The van der Waals surface area contributed by atoms with Crippen LogP contribution in [0.25, 0.3) is 0 Å². The number of halogens is 1. The number of nitrogens with one attached hydrogen (secondary N) is 1. The Morgan fingerprint density at radius 3 is 2.94 bits per heavy atom. The molecule has 0 radical (unpaired) electrons. The van der Waals surface area contributed by atoms with E-state index in [9.17, 15) is 4.79 Å². The van der Waals surface area contributed by atoms with Gasteiger partial charge in [0, 0.05) is 6.54 Å². The van der Waals surface area contributed by atoms with Crippen LogP contribution in [-0.4, -0.2) is 16.3 Å². The van der Waals surface area contributed by atoms with Gasteiger partial charge in [0.1, 0.15) is 5.02 Å². The summed E-state index contributed by atoms with van der Waals surface area (Å²) < 4.78 is 1.36. The molecule has 86 valence electrons.